The minimum Gasteiger partial charge on any atom is -0.351 e. The molecule has 30 heavy (non-hydrogen) atoms. The van der Waals surface area contributed by atoms with Crippen molar-refractivity contribution < 1.29 is 9.59 Å². The second kappa shape index (κ2) is 10.9. The number of allylic oxidation sites excluding steroid dienone is 1. The first-order valence-corrected chi connectivity index (χ1v) is 9.89. The van der Waals surface area contributed by atoms with Gasteiger partial charge in [0.25, 0.3) is 5.91 Å². The van der Waals surface area contributed by atoms with Crippen molar-refractivity contribution >= 4 is 17.5 Å². The number of hydrogen-bond acceptors (Lipinski definition) is 4. The summed E-state index contributed by atoms with van der Waals surface area (Å²) in [5.74, 6) is -0.603. The zero-order valence-corrected chi connectivity index (χ0v) is 17.6. The van der Waals surface area contributed by atoms with Crippen molar-refractivity contribution in [2.75, 3.05) is 5.32 Å². The van der Waals surface area contributed by atoms with E-state index in [1.54, 1.807) is 24.3 Å². The van der Waals surface area contributed by atoms with E-state index in [4.69, 9.17) is 11.0 Å². The second-order valence-electron chi connectivity index (χ2n) is 7.60. The van der Waals surface area contributed by atoms with Crippen molar-refractivity contribution in [1.82, 2.24) is 5.32 Å². The predicted octanol–water partition coefficient (Wildman–Crippen LogP) is 3.23. The molecular weight excluding hydrogens is 376 g/mol. The molecular formula is C24H28N4O2. The smallest absolute Gasteiger partial charge is 0.265 e. The van der Waals surface area contributed by atoms with E-state index < -0.39 is 11.9 Å². The van der Waals surface area contributed by atoms with Crippen molar-refractivity contribution in [2.24, 2.45) is 11.7 Å². The van der Waals surface area contributed by atoms with E-state index in [-0.39, 0.29) is 17.4 Å². The van der Waals surface area contributed by atoms with E-state index in [2.05, 4.69) is 10.6 Å². The molecule has 0 saturated carbocycles. The number of hydrogen-bond donors (Lipinski definition) is 3. The molecule has 0 heterocycles. The van der Waals surface area contributed by atoms with Crippen LogP contribution in [0.4, 0.5) is 5.69 Å². The molecule has 2 amide bonds. The Morgan fingerprint density at radius 2 is 1.83 bits per heavy atom. The summed E-state index contributed by atoms with van der Waals surface area (Å²) in [6.07, 6.45) is 1.95. The highest BCUT2D eigenvalue weighted by atomic mass is 16.2. The lowest BCUT2D eigenvalue weighted by atomic mass is 10.0. The zero-order valence-electron chi connectivity index (χ0n) is 17.6. The molecule has 0 aromatic heterocycles. The number of amides is 2. The summed E-state index contributed by atoms with van der Waals surface area (Å²) in [6.45, 7) is 6.23. The lowest BCUT2D eigenvalue weighted by molar-refractivity contribution is -0.122. The highest BCUT2D eigenvalue weighted by Gasteiger charge is 2.15. The van der Waals surface area contributed by atoms with Crippen molar-refractivity contribution in [3.05, 3.63) is 76.9 Å². The van der Waals surface area contributed by atoms with E-state index >= 15 is 0 Å². The summed E-state index contributed by atoms with van der Waals surface area (Å²) >= 11 is 0. The Kier molecular flexibility index (Phi) is 8.33. The summed E-state index contributed by atoms with van der Waals surface area (Å²) in [6, 6.07) is 16.3. The van der Waals surface area contributed by atoms with Gasteiger partial charge in [-0.1, -0.05) is 61.9 Å². The van der Waals surface area contributed by atoms with Crippen LogP contribution in [-0.2, 0) is 22.6 Å². The number of carbonyl (C=O) groups excluding carboxylic acids is 2. The van der Waals surface area contributed by atoms with Gasteiger partial charge in [-0.25, -0.2) is 0 Å². The van der Waals surface area contributed by atoms with Crippen LogP contribution in [0.2, 0.25) is 0 Å². The summed E-state index contributed by atoms with van der Waals surface area (Å²) in [4.78, 5) is 24.6. The maximum Gasteiger partial charge on any atom is 0.265 e. The average molecular weight is 405 g/mol. The van der Waals surface area contributed by atoms with Gasteiger partial charge < -0.3 is 16.4 Å². The van der Waals surface area contributed by atoms with Gasteiger partial charge in [0.2, 0.25) is 5.91 Å². The van der Waals surface area contributed by atoms with Crippen LogP contribution in [0.15, 0.2) is 60.2 Å². The molecule has 156 valence electrons. The topological polar surface area (TPSA) is 108 Å². The molecule has 1 atom stereocenters. The molecule has 0 aliphatic heterocycles. The minimum absolute atomic E-state index is 0.0718. The van der Waals surface area contributed by atoms with Crippen molar-refractivity contribution in [3.8, 4) is 6.07 Å². The highest BCUT2D eigenvalue weighted by molar-refractivity contribution is 6.06. The van der Waals surface area contributed by atoms with Gasteiger partial charge in [-0.3, -0.25) is 9.59 Å². The number of anilines is 1. The summed E-state index contributed by atoms with van der Waals surface area (Å²) < 4.78 is 0. The summed E-state index contributed by atoms with van der Waals surface area (Å²) in [7, 11) is 0. The molecule has 2 aromatic carbocycles. The molecule has 6 heteroatoms. The van der Waals surface area contributed by atoms with Crippen LogP contribution in [0.25, 0.3) is 0 Å². The molecule has 0 spiro atoms. The van der Waals surface area contributed by atoms with Crippen molar-refractivity contribution in [3.63, 3.8) is 0 Å². The molecule has 6 nitrogen and oxygen atoms in total. The van der Waals surface area contributed by atoms with Crippen LogP contribution >= 0.6 is 0 Å². The van der Waals surface area contributed by atoms with Gasteiger partial charge >= 0.3 is 0 Å². The number of aryl methyl sites for hydroxylation is 1. The Hall–Kier alpha value is -3.43. The molecule has 0 aliphatic rings. The van der Waals surface area contributed by atoms with Crippen LogP contribution in [0, 0.1) is 24.2 Å². The maximum atomic E-state index is 12.3. The quantitative estimate of drug-likeness (QED) is 0.464. The van der Waals surface area contributed by atoms with E-state index in [1.165, 1.54) is 0 Å². The summed E-state index contributed by atoms with van der Waals surface area (Å²) in [5.41, 5.74) is 9.67. The number of benzene rings is 2. The molecule has 4 N–H and O–H groups in total. The molecule has 0 aliphatic carbocycles. The number of nitrogens with two attached hydrogens (primary N) is 1. The van der Waals surface area contributed by atoms with Gasteiger partial charge in [0.1, 0.15) is 11.6 Å². The van der Waals surface area contributed by atoms with E-state index in [1.807, 2.05) is 57.2 Å². The normalized spacial score (nSPS) is 12.2. The third-order valence-corrected chi connectivity index (χ3v) is 4.43. The standard InChI is InChI=1S/C24H28N4O2/c1-16(2)11-20(14-25)23(29)28-21-6-4-5-19(12-21)13-22(26)24(30)27-15-18-9-7-17(3)8-10-18/h4-12,16,22H,13,15,26H2,1-3H3,(H,27,30)(H,28,29)/b20-11+/t22-/m0/s1. The fourth-order valence-electron chi connectivity index (χ4n) is 2.84. The number of nitriles is 1. The third kappa shape index (κ3) is 7.19. The molecule has 0 fully saturated rings. The van der Waals surface area contributed by atoms with E-state index in [0.29, 0.717) is 18.7 Å². The van der Waals surface area contributed by atoms with Gasteiger partial charge in [0.05, 0.1) is 6.04 Å². The van der Waals surface area contributed by atoms with Crippen LogP contribution in [0.1, 0.15) is 30.5 Å². The van der Waals surface area contributed by atoms with Gasteiger partial charge in [-0.05, 0) is 42.5 Å². The van der Waals surface area contributed by atoms with Gasteiger partial charge in [0.15, 0.2) is 0 Å². The zero-order chi connectivity index (χ0) is 22.1. The molecule has 2 aromatic rings. The Bertz CT molecular complexity index is 956. The number of nitrogens with one attached hydrogen (secondary N) is 2. The highest BCUT2D eigenvalue weighted by Crippen LogP contribution is 2.14. The Morgan fingerprint density at radius 1 is 1.13 bits per heavy atom. The van der Waals surface area contributed by atoms with Gasteiger partial charge in [0, 0.05) is 12.2 Å². The molecule has 0 radical (unpaired) electrons. The fraction of sp³-hybridized carbons (Fsp3) is 0.292. The first-order valence-electron chi connectivity index (χ1n) is 9.89. The predicted molar refractivity (Wildman–Crippen MR) is 118 cm³/mol. The molecule has 0 unspecified atom stereocenters. The number of nitrogens with zero attached hydrogens (tertiary/aromatic N) is 1. The molecule has 2 rings (SSSR count). The van der Waals surface area contributed by atoms with Crippen LogP contribution in [-0.4, -0.2) is 17.9 Å². The van der Waals surface area contributed by atoms with Crippen molar-refractivity contribution in [1.29, 1.82) is 5.26 Å². The van der Waals surface area contributed by atoms with Crippen LogP contribution in [0.3, 0.4) is 0 Å². The van der Waals surface area contributed by atoms with Gasteiger partial charge in [-0.15, -0.1) is 0 Å². The third-order valence-electron chi connectivity index (χ3n) is 4.43. The van der Waals surface area contributed by atoms with Gasteiger partial charge in [-0.2, -0.15) is 5.26 Å². The lowest BCUT2D eigenvalue weighted by Gasteiger charge is -2.13. The Labute approximate surface area is 177 Å². The average Bonchev–Trinajstić information content (AvgIpc) is 2.71. The van der Waals surface area contributed by atoms with Crippen LogP contribution < -0.4 is 16.4 Å². The SMILES string of the molecule is Cc1ccc(CNC(=O)[C@@H](N)Cc2cccc(NC(=O)/C(C#N)=C/C(C)C)c2)cc1. The fourth-order valence-corrected chi connectivity index (χ4v) is 2.84. The first kappa shape index (κ1) is 22.9. The van der Waals surface area contributed by atoms with Crippen LogP contribution in [0.5, 0.6) is 0 Å². The minimum atomic E-state index is -0.711. The Balaban J connectivity index is 1.95. The largest absolute Gasteiger partial charge is 0.351 e. The molecule has 0 bridgehead atoms. The second-order valence-corrected chi connectivity index (χ2v) is 7.60. The van der Waals surface area contributed by atoms with E-state index in [9.17, 15) is 9.59 Å². The first-order chi connectivity index (χ1) is 14.3. The van der Waals surface area contributed by atoms with E-state index in [0.717, 1.165) is 16.7 Å². The monoisotopic (exact) mass is 404 g/mol. The molecule has 0 saturated heterocycles. The maximum absolute atomic E-state index is 12.3. The summed E-state index contributed by atoms with van der Waals surface area (Å²) in [5, 5.41) is 14.7. The number of carbonyl (C=O) groups is 2. The number of rotatable bonds is 8. The van der Waals surface area contributed by atoms with Crippen molar-refractivity contribution in [2.45, 2.75) is 39.8 Å². The Morgan fingerprint density at radius 3 is 2.47 bits per heavy atom. The lowest BCUT2D eigenvalue weighted by Crippen LogP contribution is -2.41.